The Morgan fingerprint density at radius 3 is 2.52 bits per heavy atom. The van der Waals surface area contributed by atoms with Crippen molar-refractivity contribution in [2.75, 3.05) is 0 Å². The molecule has 4 rings (SSSR count). The Kier molecular flexibility index (Phi) is 4.47. The average molecular weight is 324 g/mol. The highest BCUT2D eigenvalue weighted by Gasteiger charge is 2.34. The molecule has 2 bridgehead atoms. The molecule has 2 aliphatic heterocycles. The first-order valence-electron chi connectivity index (χ1n) is 7.15. The fourth-order valence-corrected chi connectivity index (χ4v) is 4.51. The van der Waals surface area contributed by atoms with Crippen molar-refractivity contribution in [1.29, 1.82) is 0 Å². The van der Waals surface area contributed by atoms with Gasteiger partial charge in [-0.05, 0) is 48.2 Å². The summed E-state index contributed by atoms with van der Waals surface area (Å²) in [4.78, 5) is 0. The molecule has 0 amide bonds. The maximum atomic E-state index is 4.20. The summed E-state index contributed by atoms with van der Waals surface area (Å²) in [5.74, 6) is 0. The Hall–Kier alpha value is -1.11. The van der Waals surface area contributed by atoms with Crippen LogP contribution in [0.25, 0.3) is 5.69 Å². The summed E-state index contributed by atoms with van der Waals surface area (Å²) < 4.78 is 1.84. The van der Waals surface area contributed by atoms with Gasteiger partial charge in [-0.15, -0.1) is 17.5 Å². The van der Waals surface area contributed by atoms with Crippen LogP contribution in [0.3, 0.4) is 0 Å². The van der Waals surface area contributed by atoms with Crippen molar-refractivity contribution in [2.45, 2.75) is 48.2 Å². The van der Waals surface area contributed by atoms with Gasteiger partial charge in [0.25, 0.3) is 0 Å². The molecule has 7 heteroatoms. The van der Waals surface area contributed by atoms with E-state index >= 15 is 0 Å². The Labute approximate surface area is 134 Å². The number of nitrogens with one attached hydrogen (secondary N) is 1. The second-order valence-electron chi connectivity index (χ2n) is 5.56. The van der Waals surface area contributed by atoms with Gasteiger partial charge in [0, 0.05) is 17.3 Å². The van der Waals surface area contributed by atoms with Crippen molar-refractivity contribution < 1.29 is 0 Å². The quantitative estimate of drug-likeness (QED) is 0.940. The van der Waals surface area contributed by atoms with Crippen LogP contribution in [0.5, 0.6) is 0 Å². The third kappa shape index (κ3) is 3.07. The predicted molar refractivity (Wildman–Crippen MR) is 85.2 cm³/mol. The largest absolute Gasteiger partial charge is 0.311 e. The molecular formula is C14H18ClN5S. The number of halogens is 1. The zero-order valence-corrected chi connectivity index (χ0v) is 13.2. The first-order chi connectivity index (χ1) is 9.88. The first-order valence-corrected chi connectivity index (χ1v) is 8.03. The number of fused-ring (bicyclic) bond motifs is 2. The summed E-state index contributed by atoms with van der Waals surface area (Å²) in [5.41, 5.74) is 1.02. The summed E-state index contributed by atoms with van der Waals surface area (Å²) in [6, 6.07) is 11.5. The summed E-state index contributed by atoms with van der Waals surface area (Å²) in [5, 5.41) is 17.4. The zero-order chi connectivity index (χ0) is 13.4. The minimum atomic E-state index is 0. The minimum Gasteiger partial charge on any atom is -0.311 e. The molecular weight excluding hydrogens is 306 g/mol. The average Bonchev–Trinajstić information content (AvgIpc) is 3.07. The number of tetrazole rings is 1. The fraction of sp³-hybridized carbons (Fsp3) is 0.500. The van der Waals surface area contributed by atoms with Gasteiger partial charge in [0.05, 0.1) is 5.69 Å². The van der Waals surface area contributed by atoms with Crippen LogP contribution in [-0.2, 0) is 0 Å². The molecule has 0 aliphatic carbocycles. The van der Waals surface area contributed by atoms with Crippen LogP contribution in [0.1, 0.15) is 25.7 Å². The van der Waals surface area contributed by atoms with E-state index in [0.29, 0.717) is 17.3 Å². The fourth-order valence-electron chi connectivity index (χ4n) is 3.23. The number of aromatic nitrogens is 4. The number of piperidine rings is 1. The molecule has 0 saturated carbocycles. The Morgan fingerprint density at radius 2 is 1.81 bits per heavy atom. The molecule has 21 heavy (non-hydrogen) atoms. The first kappa shape index (κ1) is 14.8. The minimum absolute atomic E-state index is 0. The van der Waals surface area contributed by atoms with E-state index in [0.717, 1.165) is 10.8 Å². The monoisotopic (exact) mass is 323 g/mol. The van der Waals surface area contributed by atoms with Crippen LogP contribution in [0.4, 0.5) is 0 Å². The molecule has 1 N–H and O–H groups in total. The molecule has 2 aromatic rings. The Morgan fingerprint density at radius 1 is 1.10 bits per heavy atom. The van der Waals surface area contributed by atoms with Gasteiger partial charge in [0.15, 0.2) is 0 Å². The van der Waals surface area contributed by atoms with Gasteiger partial charge in [0.1, 0.15) is 0 Å². The van der Waals surface area contributed by atoms with Gasteiger partial charge in [0.2, 0.25) is 5.16 Å². The Bertz CT molecular complexity index is 578. The number of hydrogen-bond acceptors (Lipinski definition) is 5. The molecule has 1 aromatic carbocycles. The highest BCUT2D eigenvalue weighted by atomic mass is 35.5. The third-order valence-electron chi connectivity index (χ3n) is 4.14. The maximum absolute atomic E-state index is 4.20. The van der Waals surface area contributed by atoms with Crippen LogP contribution in [-0.4, -0.2) is 37.5 Å². The number of rotatable bonds is 3. The van der Waals surface area contributed by atoms with Crippen molar-refractivity contribution in [3.05, 3.63) is 30.3 Å². The van der Waals surface area contributed by atoms with Crippen molar-refractivity contribution in [2.24, 2.45) is 0 Å². The standard InChI is InChI=1S/C14H17N5S.ClH/c1-2-4-12(5-3-1)19-14(16-17-18-19)20-13-8-10-6-7-11(9-13)15-10;/h1-5,10-11,13,15H,6-9H2;1H. The van der Waals surface area contributed by atoms with Crippen LogP contribution in [0.15, 0.2) is 35.5 Å². The molecule has 112 valence electrons. The SMILES string of the molecule is Cl.c1ccc(-n2nnnc2SC2CC3CCC(C2)N3)cc1. The zero-order valence-electron chi connectivity index (χ0n) is 11.6. The number of thioether (sulfide) groups is 1. The Balaban J connectivity index is 0.00000132. The number of benzene rings is 1. The van der Waals surface area contributed by atoms with Crippen molar-refractivity contribution in [3.63, 3.8) is 0 Å². The second-order valence-corrected chi connectivity index (χ2v) is 6.83. The maximum Gasteiger partial charge on any atom is 0.214 e. The lowest BCUT2D eigenvalue weighted by Crippen LogP contribution is -2.39. The van der Waals surface area contributed by atoms with Crippen LogP contribution in [0.2, 0.25) is 0 Å². The molecule has 2 saturated heterocycles. The van der Waals surface area contributed by atoms with Crippen molar-refractivity contribution >= 4 is 24.2 Å². The van der Waals surface area contributed by atoms with E-state index in [2.05, 4.69) is 20.8 Å². The van der Waals surface area contributed by atoms with Gasteiger partial charge < -0.3 is 5.32 Å². The highest BCUT2D eigenvalue weighted by molar-refractivity contribution is 7.99. The smallest absolute Gasteiger partial charge is 0.214 e. The summed E-state index contributed by atoms with van der Waals surface area (Å²) in [7, 11) is 0. The van der Waals surface area contributed by atoms with E-state index < -0.39 is 0 Å². The molecule has 2 fully saturated rings. The number of nitrogens with zero attached hydrogens (tertiary/aromatic N) is 4. The molecule has 0 radical (unpaired) electrons. The van der Waals surface area contributed by atoms with Gasteiger partial charge >= 0.3 is 0 Å². The molecule has 1 aromatic heterocycles. The molecule has 5 nitrogen and oxygen atoms in total. The van der Waals surface area contributed by atoms with E-state index in [9.17, 15) is 0 Å². The van der Waals surface area contributed by atoms with Crippen LogP contribution >= 0.6 is 24.2 Å². The lowest BCUT2D eigenvalue weighted by atomic mass is 10.1. The summed E-state index contributed by atoms with van der Waals surface area (Å²) in [6.45, 7) is 0. The van der Waals surface area contributed by atoms with Crippen molar-refractivity contribution in [3.8, 4) is 5.69 Å². The number of para-hydroxylation sites is 1. The molecule has 2 aliphatic rings. The van der Waals surface area contributed by atoms with E-state index in [4.69, 9.17) is 0 Å². The molecule has 3 heterocycles. The van der Waals surface area contributed by atoms with Gasteiger partial charge in [-0.3, -0.25) is 0 Å². The van der Waals surface area contributed by atoms with Crippen molar-refractivity contribution in [1.82, 2.24) is 25.5 Å². The van der Waals surface area contributed by atoms with Crippen LogP contribution in [0, 0.1) is 0 Å². The van der Waals surface area contributed by atoms with Gasteiger partial charge in [-0.2, -0.15) is 4.68 Å². The summed E-state index contributed by atoms with van der Waals surface area (Å²) >= 11 is 1.83. The van der Waals surface area contributed by atoms with Crippen LogP contribution < -0.4 is 5.32 Å². The van der Waals surface area contributed by atoms with E-state index in [1.807, 2.05) is 46.8 Å². The third-order valence-corrected chi connectivity index (χ3v) is 5.33. The lowest BCUT2D eigenvalue weighted by molar-refractivity contribution is 0.414. The second kappa shape index (κ2) is 6.34. The topological polar surface area (TPSA) is 55.6 Å². The lowest BCUT2D eigenvalue weighted by Gasteiger charge is -2.27. The van der Waals surface area contributed by atoms with E-state index in [1.54, 1.807) is 0 Å². The highest BCUT2D eigenvalue weighted by Crippen LogP contribution is 2.36. The molecule has 2 atom stereocenters. The number of hydrogen-bond donors (Lipinski definition) is 1. The van der Waals surface area contributed by atoms with Gasteiger partial charge in [-0.25, -0.2) is 0 Å². The molecule has 0 spiro atoms. The molecule has 2 unspecified atom stereocenters. The van der Waals surface area contributed by atoms with Gasteiger partial charge in [-0.1, -0.05) is 30.0 Å². The van der Waals surface area contributed by atoms with E-state index in [1.165, 1.54) is 25.7 Å². The normalized spacial score (nSPS) is 27.3. The summed E-state index contributed by atoms with van der Waals surface area (Å²) in [6.07, 6.45) is 5.10. The van der Waals surface area contributed by atoms with E-state index in [-0.39, 0.29) is 12.4 Å². The predicted octanol–water partition coefficient (Wildman–Crippen LogP) is 2.46.